The summed E-state index contributed by atoms with van der Waals surface area (Å²) in [5, 5.41) is 8.47. The Kier molecular flexibility index (Phi) is 5.38. The minimum atomic E-state index is -0.973. The first-order chi connectivity index (χ1) is 4.20. The van der Waals surface area contributed by atoms with Gasteiger partial charge in [-0.1, -0.05) is 28.7 Å². The average Bonchev–Trinajstić information content (AvgIpc) is 1.87. The molecule has 0 amide bonds. The van der Waals surface area contributed by atoms with Crippen molar-refractivity contribution in [3.8, 4) is 0 Å². The number of allylic oxidation sites excluding steroid dienone is 1. The molecule has 0 saturated carbocycles. The Morgan fingerprint density at radius 3 is 2.67 bits per heavy atom. The smallest absolute Gasteiger partial charge is 0.119 e. The topological polar surface area (TPSA) is 20.2 Å². The number of rotatable bonds is 4. The van der Waals surface area contributed by atoms with Gasteiger partial charge in [-0.15, -0.1) is 6.58 Å². The molecule has 54 valence electrons. The summed E-state index contributed by atoms with van der Waals surface area (Å²) in [6.07, 6.45) is 0.640. The maximum atomic E-state index is 12.3. The Hall–Kier alpha value is 0.360. The predicted octanol–water partition coefficient (Wildman–Crippen LogP) is 1.70. The molecule has 0 heterocycles. The van der Waals surface area contributed by atoms with Crippen LogP contribution in [0.15, 0.2) is 12.7 Å². The molecule has 0 aromatic heterocycles. The molecule has 0 aromatic carbocycles. The summed E-state index contributed by atoms with van der Waals surface area (Å²) >= 11 is 2.01. The van der Waals surface area contributed by atoms with Gasteiger partial charge in [0.1, 0.15) is 6.17 Å². The van der Waals surface area contributed by atoms with Gasteiger partial charge in [0.25, 0.3) is 0 Å². The Morgan fingerprint density at radius 1 is 1.78 bits per heavy atom. The maximum absolute atomic E-state index is 12.3. The van der Waals surface area contributed by atoms with Crippen LogP contribution in [-0.4, -0.2) is 21.8 Å². The molecule has 0 aliphatic rings. The summed E-state index contributed by atoms with van der Waals surface area (Å²) in [6, 6.07) is 0. The van der Waals surface area contributed by atoms with Crippen molar-refractivity contribution in [3.05, 3.63) is 12.7 Å². The van der Waals surface area contributed by atoms with Gasteiger partial charge < -0.3 is 5.11 Å². The van der Waals surface area contributed by atoms with Crippen molar-refractivity contribution in [2.45, 2.75) is 16.5 Å². The molecule has 9 heavy (non-hydrogen) atoms. The standard InChI is InChI=1S/C6H10FIO/c1-2-5(7)3-6(8)4-9/h2,5-6,9H,1,3-4H2. The van der Waals surface area contributed by atoms with E-state index in [0.29, 0.717) is 6.42 Å². The van der Waals surface area contributed by atoms with Gasteiger partial charge >= 0.3 is 0 Å². The lowest BCUT2D eigenvalue weighted by molar-refractivity contribution is 0.275. The highest BCUT2D eigenvalue weighted by Crippen LogP contribution is 2.10. The zero-order valence-corrected chi connectivity index (χ0v) is 7.21. The molecule has 0 bridgehead atoms. The van der Waals surface area contributed by atoms with Crippen LogP contribution in [0, 0.1) is 0 Å². The van der Waals surface area contributed by atoms with Crippen molar-refractivity contribution < 1.29 is 9.50 Å². The van der Waals surface area contributed by atoms with E-state index < -0.39 is 6.17 Å². The highest BCUT2D eigenvalue weighted by molar-refractivity contribution is 14.1. The molecule has 1 nitrogen and oxygen atoms in total. The quantitative estimate of drug-likeness (QED) is 0.453. The molecule has 0 saturated heterocycles. The molecule has 0 aromatic rings. The second-order valence-corrected chi connectivity index (χ2v) is 3.53. The maximum Gasteiger partial charge on any atom is 0.119 e. The van der Waals surface area contributed by atoms with Crippen molar-refractivity contribution in [2.24, 2.45) is 0 Å². The fraction of sp³-hybridized carbons (Fsp3) is 0.667. The Morgan fingerprint density at radius 2 is 2.33 bits per heavy atom. The molecule has 0 spiro atoms. The van der Waals surface area contributed by atoms with E-state index in [1.165, 1.54) is 6.08 Å². The summed E-state index contributed by atoms with van der Waals surface area (Å²) < 4.78 is 12.3. The minimum absolute atomic E-state index is 0.00981. The zero-order chi connectivity index (χ0) is 7.28. The van der Waals surface area contributed by atoms with E-state index in [2.05, 4.69) is 6.58 Å². The summed E-state index contributed by atoms with van der Waals surface area (Å²) in [5.74, 6) is 0. The monoisotopic (exact) mass is 244 g/mol. The number of halogens is 2. The molecule has 0 rings (SSSR count). The van der Waals surface area contributed by atoms with Crippen LogP contribution in [0.25, 0.3) is 0 Å². The van der Waals surface area contributed by atoms with Crippen LogP contribution in [0.3, 0.4) is 0 Å². The lowest BCUT2D eigenvalue weighted by Crippen LogP contribution is -2.09. The van der Waals surface area contributed by atoms with Gasteiger partial charge in [-0.25, -0.2) is 4.39 Å². The van der Waals surface area contributed by atoms with Crippen molar-refractivity contribution >= 4 is 22.6 Å². The Bertz CT molecular complexity index is 87.1. The van der Waals surface area contributed by atoms with Crippen LogP contribution in [0.1, 0.15) is 6.42 Å². The van der Waals surface area contributed by atoms with Gasteiger partial charge in [0.15, 0.2) is 0 Å². The highest BCUT2D eigenvalue weighted by Gasteiger charge is 2.07. The van der Waals surface area contributed by atoms with Crippen LogP contribution >= 0.6 is 22.6 Å². The van der Waals surface area contributed by atoms with Gasteiger partial charge in [0, 0.05) is 3.92 Å². The highest BCUT2D eigenvalue weighted by atomic mass is 127. The molecule has 2 unspecified atom stereocenters. The molecule has 3 heteroatoms. The van der Waals surface area contributed by atoms with Gasteiger partial charge in [-0.05, 0) is 6.42 Å². The van der Waals surface area contributed by atoms with Crippen molar-refractivity contribution in [2.75, 3.05) is 6.61 Å². The zero-order valence-electron chi connectivity index (χ0n) is 5.06. The number of hydrogen-bond acceptors (Lipinski definition) is 1. The number of alkyl halides is 2. The van der Waals surface area contributed by atoms with Gasteiger partial charge in [0.2, 0.25) is 0 Å². The average molecular weight is 244 g/mol. The van der Waals surface area contributed by atoms with Crippen LogP contribution in [0.5, 0.6) is 0 Å². The van der Waals surface area contributed by atoms with E-state index in [9.17, 15) is 4.39 Å². The minimum Gasteiger partial charge on any atom is -0.395 e. The van der Waals surface area contributed by atoms with Crippen LogP contribution < -0.4 is 0 Å². The van der Waals surface area contributed by atoms with Crippen LogP contribution in [0.4, 0.5) is 4.39 Å². The van der Waals surface area contributed by atoms with E-state index in [1.54, 1.807) is 0 Å². The molecular weight excluding hydrogens is 234 g/mol. The summed E-state index contributed by atoms with van der Waals surface area (Å²) in [5.41, 5.74) is 0. The van der Waals surface area contributed by atoms with Gasteiger partial charge in [0.05, 0.1) is 6.61 Å². The third kappa shape index (κ3) is 4.84. The van der Waals surface area contributed by atoms with E-state index >= 15 is 0 Å². The van der Waals surface area contributed by atoms with E-state index in [4.69, 9.17) is 5.11 Å². The lowest BCUT2D eigenvalue weighted by atomic mass is 10.2. The third-order valence-electron chi connectivity index (χ3n) is 0.935. The van der Waals surface area contributed by atoms with Gasteiger partial charge in [-0.2, -0.15) is 0 Å². The van der Waals surface area contributed by atoms with Crippen molar-refractivity contribution in [3.63, 3.8) is 0 Å². The molecule has 0 aliphatic carbocycles. The number of hydrogen-bond donors (Lipinski definition) is 1. The second kappa shape index (κ2) is 5.17. The first-order valence-corrected chi connectivity index (χ1v) is 3.96. The fourth-order valence-corrected chi connectivity index (χ4v) is 0.901. The van der Waals surface area contributed by atoms with Gasteiger partial charge in [-0.3, -0.25) is 0 Å². The van der Waals surface area contributed by atoms with Crippen molar-refractivity contribution in [1.82, 2.24) is 0 Å². The lowest BCUT2D eigenvalue weighted by Gasteiger charge is -2.05. The first-order valence-electron chi connectivity index (χ1n) is 2.72. The van der Waals surface area contributed by atoms with E-state index in [-0.39, 0.29) is 10.5 Å². The van der Waals surface area contributed by atoms with Crippen LogP contribution in [-0.2, 0) is 0 Å². The third-order valence-corrected chi connectivity index (χ3v) is 1.84. The molecule has 0 radical (unpaired) electrons. The summed E-state index contributed by atoms with van der Waals surface area (Å²) in [4.78, 5) is 0. The molecular formula is C6H10FIO. The predicted molar refractivity (Wildman–Crippen MR) is 44.6 cm³/mol. The summed E-state index contributed by atoms with van der Waals surface area (Å²) in [7, 11) is 0. The largest absolute Gasteiger partial charge is 0.395 e. The molecule has 0 fully saturated rings. The van der Waals surface area contributed by atoms with E-state index in [0.717, 1.165) is 0 Å². The van der Waals surface area contributed by atoms with Crippen LogP contribution in [0.2, 0.25) is 0 Å². The molecule has 1 N–H and O–H groups in total. The summed E-state index contributed by atoms with van der Waals surface area (Å²) in [6.45, 7) is 3.32. The second-order valence-electron chi connectivity index (χ2n) is 1.77. The first kappa shape index (κ1) is 9.36. The Labute approximate surface area is 68.1 Å². The Balaban J connectivity index is 3.33. The number of aliphatic hydroxyl groups is 1. The molecule has 2 atom stereocenters. The molecule has 0 aliphatic heterocycles. The number of aliphatic hydroxyl groups excluding tert-OH is 1. The normalized spacial score (nSPS) is 16.8. The fourth-order valence-electron chi connectivity index (χ4n) is 0.415. The van der Waals surface area contributed by atoms with Crippen molar-refractivity contribution in [1.29, 1.82) is 0 Å². The SMILES string of the molecule is C=CC(F)CC(I)CO. The van der Waals surface area contributed by atoms with E-state index in [1.807, 2.05) is 22.6 Å².